The second kappa shape index (κ2) is 6.06. The number of carbonyl (C=O) groups is 1. The Hall–Kier alpha value is -0.550. The molecule has 0 saturated carbocycles. The fourth-order valence-electron chi connectivity index (χ4n) is 2.10. The molecule has 0 aliphatic carbocycles. The molecule has 1 N–H and O–H groups in total. The molecule has 1 aromatic carbocycles. The zero-order valence-corrected chi connectivity index (χ0v) is 13.5. The second-order valence-electron chi connectivity index (χ2n) is 4.58. The van der Waals surface area contributed by atoms with E-state index in [0.29, 0.717) is 0 Å². The molecule has 0 spiro atoms. The first-order valence-electron chi connectivity index (χ1n) is 6.09. The number of piperidine rings is 1. The van der Waals surface area contributed by atoms with Crippen molar-refractivity contribution in [2.75, 3.05) is 18.4 Å². The molecule has 0 atom stereocenters. The summed E-state index contributed by atoms with van der Waals surface area (Å²) in [5.74, 6) is 0. The molecule has 2 rings (SSSR count). The van der Waals surface area contributed by atoms with Crippen molar-refractivity contribution in [1.82, 2.24) is 4.90 Å². The molecule has 0 aromatic heterocycles. The highest BCUT2D eigenvalue weighted by atomic mass is 79.9. The molecule has 1 aliphatic rings. The SMILES string of the molecule is Cc1cc(Br)c(NC(=O)N2CCCCC2)c(Br)c1. The first kappa shape index (κ1) is 13.9. The summed E-state index contributed by atoms with van der Waals surface area (Å²) in [5.41, 5.74) is 1.95. The number of likely N-dealkylation sites (tertiary alicyclic amines) is 1. The maximum absolute atomic E-state index is 12.1. The lowest BCUT2D eigenvalue weighted by atomic mass is 10.1. The van der Waals surface area contributed by atoms with Crippen LogP contribution in [0.3, 0.4) is 0 Å². The Morgan fingerprint density at radius 3 is 2.28 bits per heavy atom. The van der Waals surface area contributed by atoms with Gasteiger partial charge in [0.2, 0.25) is 0 Å². The first-order chi connectivity index (χ1) is 8.58. The molecule has 18 heavy (non-hydrogen) atoms. The van der Waals surface area contributed by atoms with Crippen LogP contribution in [0.15, 0.2) is 21.1 Å². The number of nitrogens with one attached hydrogen (secondary N) is 1. The number of urea groups is 1. The van der Waals surface area contributed by atoms with Crippen LogP contribution in [0, 0.1) is 6.92 Å². The van der Waals surface area contributed by atoms with Gasteiger partial charge in [0.1, 0.15) is 0 Å². The molecule has 3 nitrogen and oxygen atoms in total. The highest BCUT2D eigenvalue weighted by Crippen LogP contribution is 2.32. The maximum Gasteiger partial charge on any atom is 0.321 e. The molecular formula is C13H16Br2N2O. The fraction of sp³-hybridized carbons (Fsp3) is 0.462. The van der Waals surface area contributed by atoms with Gasteiger partial charge in [-0.25, -0.2) is 4.79 Å². The molecule has 98 valence electrons. The number of hydrogen-bond donors (Lipinski definition) is 1. The van der Waals surface area contributed by atoms with E-state index in [1.165, 1.54) is 6.42 Å². The molecule has 1 aliphatic heterocycles. The van der Waals surface area contributed by atoms with Crippen molar-refractivity contribution in [3.05, 3.63) is 26.6 Å². The standard InChI is InChI=1S/C13H16Br2N2O/c1-9-7-10(14)12(11(15)8-9)16-13(18)17-5-3-2-4-6-17/h7-8H,2-6H2,1H3,(H,16,18). The minimum atomic E-state index is -0.0139. The lowest BCUT2D eigenvalue weighted by Crippen LogP contribution is -2.38. The predicted octanol–water partition coefficient (Wildman–Crippen LogP) is 4.54. The second-order valence-corrected chi connectivity index (χ2v) is 6.29. The fourth-order valence-corrected chi connectivity index (χ4v) is 3.72. The largest absolute Gasteiger partial charge is 0.325 e. The van der Waals surface area contributed by atoms with Gasteiger partial charge in [0.05, 0.1) is 5.69 Å². The molecule has 1 fully saturated rings. The summed E-state index contributed by atoms with van der Waals surface area (Å²) in [6.45, 7) is 3.73. The van der Waals surface area contributed by atoms with Gasteiger partial charge in [0.25, 0.3) is 0 Å². The number of halogens is 2. The summed E-state index contributed by atoms with van der Waals surface area (Å²) in [4.78, 5) is 14.0. The Balaban J connectivity index is 2.11. The van der Waals surface area contributed by atoms with Crippen LogP contribution in [0.4, 0.5) is 10.5 Å². The van der Waals surface area contributed by atoms with E-state index >= 15 is 0 Å². The summed E-state index contributed by atoms with van der Waals surface area (Å²) in [5, 5.41) is 2.97. The average molecular weight is 376 g/mol. The van der Waals surface area contributed by atoms with Crippen molar-refractivity contribution in [3.63, 3.8) is 0 Å². The van der Waals surface area contributed by atoms with Gasteiger partial charge in [-0.2, -0.15) is 0 Å². The van der Waals surface area contributed by atoms with Crippen molar-refractivity contribution in [2.24, 2.45) is 0 Å². The van der Waals surface area contributed by atoms with Crippen LogP contribution in [0.2, 0.25) is 0 Å². The molecule has 0 bridgehead atoms. The first-order valence-corrected chi connectivity index (χ1v) is 7.68. The number of nitrogens with zero attached hydrogens (tertiary/aromatic N) is 1. The van der Waals surface area contributed by atoms with E-state index in [2.05, 4.69) is 37.2 Å². The third-order valence-electron chi connectivity index (χ3n) is 3.06. The minimum Gasteiger partial charge on any atom is -0.325 e. The number of aryl methyl sites for hydroxylation is 1. The monoisotopic (exact) mass is 374 g/mol. The summed E-state index contributed by atoms with van der Waals surface area (Å²) in [7, 11) is 0. The normalized spacial score (nSPS) is 15.6. The molecule has 1 aromatic rings. The van der Waals surface area contributed by atoms with E-state index in [4.69, 9.17) is 0 Å². The zero-order valence-electron chi connectivity index (χ0n) is 10.3. The third kappa shape index (κ3) is 3.26. The van der Waals surface area contributed by atoms with Crippen molar-refractivity contribution in [1.29, 1.82) is 0 Å². The Kier molecular flexibility index (Phi) is 4.67. The van der Waals surface area contributed by atoms with Gasteiger partial charge in [0, 0.05) is 22.0 Å². The number of hydrogen-bond acceptors (Lipinski definition) is 1. The topological polar surface area (TPSA) is 32.3 Å². The quantitative estimate of drug-likeness (QED) is 0.767. The molecule has 0 radical (unpaired) electrons. The number of rotatable bonds is 1. The summed E-state index contributed by atoms with van der Waals surface area (Å²) >= 11 is 6.97. The Labute approximate surface area is 124 Å². The van der Waals surface area contributed by atoms with Gasteiger partial charge in [-0.3, -0.25) is 0 Å². The van der Waals surface area contributed by atoms with E-state index in [-0.39, 0.29) is 6.03 Å². The number of benzene rings is 1. The molecule has 0 unspecified atom stereocenters. The molecule has 5 heteroatoms. The average Bonchev–Trinajstić information content (AvgIpc) is 2.34. The van der Waals surface area contributed by atoms with Crippen LogP contribution >= 0.6 is 31.9 Å². The van der Waals surface area contributed by atoms with Crippen molar-refractivity contribution < 1.29 is 4.79 Å². The molecular weight excluding hydrogens is 360 g/mol. The lowest BCUT2D eigenvalue weighted by molar-refractivity contribution is 0.200. The molecule has 2 amide bonds. The van der Waals surface area contributed by atoms with E-state index in [0.717, 1.165) is 46.1 Å². The third-order valence-corrected chi connectivity index (χ3v) is 4.31. The van der Waals surface area contributed by atoms with E-state index in [1.54, 1.807) is 0 Å². The van der Waals surface area contributed by atoms with Crippen LogP contribution in [-0.2, 0) is 0 Å². The van der Waals surface area contributed by atoms with Crippen molar-refractivity contribution >= 4 is 43.6 Å². The summed E-state index contributed by atoms with van der Waals surface area (Å²) in [6.07, 6.45) is 3.43. The van der Waals surface area contributed by atoms with Gasteiger partial charge in [0.15, 0.2) is 0 Å². The molecule has 1 saturated heterocycles. The van der Waals surface area contributed by atoms with Crippen molar-refractivity contribution in [2.45, 2.75) is 26.2 Å². The Morgan fingerprint density at radius 2 is 1.72 bits per heavy atom. The zero-order chi connectivity index (χ0) is 13.1. The number of carbonyl (C=O) groups excluding carboxylic acids is 1. The smallest absolute Gasteiger partial charge is 0.321 e. The van der Waals surface area contributed by atoms with Gasteiger partial charge in [-0.05, 0) is 75.7 Å². The molecule has 1 heterocycles. The van der Waals surface area contributed by atoms with Gasteiger partial charge < -0.3 is 10.2 Å². The highest BCUT2D eigenvalue weighted by Gasteiger charge is 2.18. The van der Waals surface area contributed by atoms with Gasteiger partial charge in [-0.15, -0.1) is 0 Å². The predicted molar refractivity (Wildman–Crippen MR) is 81.0 cm³/mol. The number of anilines is 1. The lowest BCUT2D eigenvalue weighted by Gasteiger charge is -2.27. The number of amides is 2. The van der Waals surface area contributed by atoms with E-state index in [9.17, 15) is 4.79 Å². The van der Waals surface area contributed by atoms with Crippen LogP contribution in [0.1, 0.15) is 24.8 Å². The van der Waals surface area contributed by atoms with Gasteiger partial charge in [-0.1, -0.05) is 0 Å². The van der Waals surface area contributed by atoms with Crippen LogP contribution in [0.25, 0.3) is 0 Å². The van der Waals surface area contributed by atoms with Crippen LogP contribution < -0.4 is 5.32 Å². The minimum absolute atomic E-state index is 0.0139. The highest BCUT2D eigenvalue weighted by molar-refractivity contribution is 9.11. The van der Waals surface area contributed by atoms with Crippen molar-refractivity contribution in [3.8, 4) is 0 Å². The maximum atomic E-state index is 12.1. The van der Waals surface area contributed by atoms with Crippen LogP contribution in [0.5, 0.6) is 0 Å². The van der Waals surface area contributed by atoms with Gasteiger partial charge >= 0.3 is 6.03 Å². The summed E-state index contributed by atoms with van der Waals surface area (Å²) < 4.78 is 1.81. The van der Waals surface area contributed by atoms with E-state index in [1.807, 2.05) is 24.0 Å². The van der Waals surface area contributed by atoms with E-state index < -0.39 is 0 Å². The Morgan fingerprint density at radius 1 is 1.17 bits per heavy atom. The summed E-state index contributed by atoms with van der Waals surface area (Å²) in [6, 6.07) is 3.98. The van der Waals surface area contributed by atoms with Crippen LogP contribution in [-0.4, -0.2) is 24.0 Å². The Bertz CT molecular complexity index is 433.